The zero-order valence-corrected chi connectivity index (χ0v) is 14.5. The molecule has 0 radical (unpaired) electrons. The molecule has 130 valence electrons. The summed E-state index contributed by atoms with van der Waals surface area (Å²) in [6.07, 6.45) is 0.700. The molecule has 1 aliphatic rings. The van der Waals surface area contributed by atoms with Crippen molar-refractivity contribution in [3.63, 3.8) is 0 Å². The molecule has 0 fully saturated rings. The van der Waals surface area contributed by atoms with E-state index in [1.54, 1.807) is 6.92 Å². The van der Waals surface area contributed by atoms with Crippen LogP contribution in [0.2, 0.25) is 0 Å². The average molecular weight is 340 g/mol. The first-order valence-electron chi connectivity index (χ1n) is 8.12. The summed E-state index contributed by atoms with van der Waals surface area (Å²) in [6.45, 7) is 3.41. The molecular weight excluding hydrogens is 320 g/mol. The number of hydrogen-bond acceptors (Lipinski definition) is 5. The Hall–Kier alpha value is -2.89. The third-order valence-corrected chi connectivity index (χ3v) is 4.23. The Bertz CT molecular complexity index is 832. The number of fused-ring (bicyclic) bond motifs is 2. The van der Waals surface area contributed by atoms with Crippen LogP contribution >= 0.6 is 0 Å². The Kier molecular flexibility index (Phi) is 4.70. The van der Waals surface area contributed by atoms with Gasteiger partial charge in [0.1, 0.15) is 5.75 Å². The molecule has 1 atom stereocenters. The topological polar surface area (TPSA) is 77.5 Å². The van der Waals surface area contributed by atoms with Crippen molar-refractivity contribution in [3.8, 4) is 11.6 Å². The number of carbonyl (C=O) groups is 2. The van der Waals surface area contributed by atoms with Gasteiger partial charge >= 0.3 is 5.97 Å². The molecule has 0 spiro atoms. The SMILES string of the molecule is CNC(=O)COC(=O)C(C)c1ccc2c(c1)Cc1ccc(C)nc1O2. The molecule has 25 heavy (non-hydrogen) atoms. The van der Waals surface area contributed by atoms with Gasteiger partial charge in [-0.25, -0.2) is 4.98 Å². The number of carbonyl (C=O) groups excluding carboxylic acids is 2. The van der Waals surface area contributed by atoms with Gasteiger partial charge in [0, 0.05) is 24.7 Å². The number of rotatable bonds is 4. The molecule has 2 heterocycles. The summed E-state index contributed by atoms with van der Waals surface area (Å²) in [5.74, 6) is 0.155. The Labute approximate surface area is 146 Å². The van der Waals surface area contributed by atoms with Gasteiger partial charge in [0.15, 0.2) is 6.61 Å². The van der Waals surface area contributed by atoms with Gasteiger partial charge in [-0.15, -0.1) is 0 Å². The van der Waals surface area contributed by atoms with Crippen LogP contribution in [-0.2, 0) is 20.7 Å². The number of aromatic nitrogens is 1. The van der Waals surface area contributed by atoms with Gasteiger partial charge in [-0.05, 0) is 37.1 Å². The molecule has 2 aromatic rings. The molecule has 1 aliphatic heterocycles. The second-order valence-corrected chi connectivity index (χ2v) is 6.07. The fraction of sp³-hybridized carbons (Fsp3) is 0.316. The minimum Gasteiger partial charge on any atom is -0.455 e. The Morgan fingerprint density at radius 1 is 1.28 bits per heavy atom. The lowest BCUT2D eigenvalue weighted by molar-refractivity contribution is -0.149. The molecule has 1 amide bonds. The molecule has 1 unspecified atom stereocenters. The molecule has 0 aliphatic carbocycles. The molecule has 6 heteroatoms. The predicted octanol–water partition coefficient (Wildman–Crippen LogP) is 2.48. The van der Waals surface area contributed by atoms with Gasteiger partial charge in [0.05, 0.1) is 5.92 Å². The molecule has 6 nitrogen and oxygen atoms in total. The summed E-state index contributed by atoms with van der Waals surface area (Å²) in [6, 6.07) is 9.60. The highest BCUT2D eigenvalue weighted by Gasteiger charge is 2.22. The van der Waals surface area contributed by atoms with E-state index < -0.39 is 11.9 Å². The highest BCUT2D eigenvalue weighted by Crippen LogP contribution is 2.36. The highest BCUT2D eigenvalue weighted by molar-refractivity contribution is 5.83. The summed E-state index contributed by atoms with van der Waals surface area (Å²) in [5, 5.41) is 2.41. The lowest BCUT2D eigenvalue weighted by Crippen LogP contribution is -2.26. The van der Waals surface area contributed by atoms with Gasteiger partial charge in [0.2, 0.25) is 5.88 Å². The van der Waals surface area contributed by atoms with Crippen molar-refractivity contribution in [1.29, 1.82) is 0 Å². The van der Waals surface area contributed by atoms with Crippen LogP contribution in [0.5, 0.6) is 11.6 Å². The normalized spacial score (nSPS) is 13.1. The van der Waals surface area contributed by atoms with Crippen molar-refractivity contribution in [2.45, 2.75) is 26.2 Å². The summed E-state index contributed by atoms with van der Waals surface area (Å²) in [4.78, 5) is 27.7. The van der Waals surface area contributed by atoms with Crippen LogP contribution in [-0.4, -0.2) is 30.5 Å². The van der Waals surface area contributed by atoms with E-state index >= 15 is 0 Å². The van der Waals surface area contributed by atoms with Crippen LogP contribution in [0.4, 0.5) is 0 Å². The number of amides is 1. The molecule has 0 saturated heterocycles. The lowest BCUT2D eigenvalue weighted by atomic mass is 9.95. The summed E-state index contributed by atoms with van der Waals surface area (Å²) < 4.78 is 10.9. The molecular formula is C19H20N2O4. The van der Waals surface area contributed by atoms with E-state index in [9.17, 15) is 9.59 Å². The Balaban J connectivity index is 1.76. The average Bonchev–Trinajstić information content (AvgIpc) is 2.62. The van der Waals surface area contributed by atoms with Crippen molar-refractivity contribution in [2.75, 3.05) is 13.7 Å². The van der Waals surface area contributed by atoms with E-state index in [2.05, 4.69) is 10.3 Å². The van der Waals surface area contributed by atoms with E-state index in [0.717, 1.165) is 28.1 Å². The molecule has 1 N–H and O–H groups in total. The molecule has 3 rings (SSSR count). The first-order chi connectivity index (χ1) is 12.0. The van der Waals surface area contributed by atoms with E-state index in [4.69, 9.17) is 9.47 Å². The van der Waals surface area contributed by atoms with Crippen LogP contribution < -0.4 is 10.1 Å². The van der Waals surface area contributed by atoms with Gasteiger partial charge in [-0.2, -0.15) is 0 Å². The fourth-order valence-electron chi connectivity index (χ4n) is 2.67. The minimum absolute atomic E-state index is 0.272. The van der Waals surface area contributed by atoms with Crippen LogP contribution in [0.15, 0.2) is 30.3 Å². The van der Waals surface area contributed by atoms with Crippen LogP contribution in [0, 0.1) is 6.92 Å². The number of esters is 1. The van der Waals surface area contributed by atoms with E-state index in [-0.39, 0.29) is 12.5 Å². The van der Waals surface area contributed by atoms with E-state index in [0.29, 0.717) is 12.3 Å². The number of likely N-dealkylation sites (N-methyl/N-ethyl adjacent to an activating group) is 1. The zero-order valence-electron chi connectivity index (χ0n) is 14.5. The molecule has 1 aromatic carbocycles. The summed E-state index contributed by atoms with van der Waals surface area (Å²) >= 11 is 0. The summed E-state index contributed by atoms with van der Waals surface area (Å²) in [5.41, 5.74) is 3.76. The standard InChI is InChI=1S/C19H20N2O4/c1-11-4-5-14-9-15-8-13(6-7-16(15)25-18(14)21-11)12(2)19(23)24-10-17(22)20-3/h4-8,12H,9-10H2,1-3H3,(H,20,22). The summed E-state index contributed by atoms with van der Waals surface area (Å²) in [7, 11) is 1.50. The Morgan fingerprint density at radius 2 is 2.08 bits per heavy atom. The van der Waals surface area contributed by atoms with Crippen molar-refractivity contribution in [1.82, 2.24) is 10.3 Å². The largest absolute Gasteiger partial charge is 0.455 e. The van der Waals surface area contributed by atoms with Gasteiger partial charge in [-0.3, -0.25) is 9.59 Å². The minimum atomic E-state index is -0.465. The maximum absolute atomic E-state index is 12.1. The number of benzene rings is 1. The third-order valence-electron chi connectivity index (χ3n) is 4.23. The molecule has 0 saturated carbocycles. The number of nitrogens with zero attached hydrogens (tertiary/aromatic N) is 1. The second-order valence-electron chi connectivity index (χ2n) is 6.07. The van der Waals surface area contributed by atoms with Gasteiger partial charge in [-0.1, -0.05) is 18.2 Å². The smallest absolute Gasteiger partial charge is 0.313 e. The maximum Gasteiger partial charge on any atom is 0.313 e. The number of pyridine rings is 1. The zero-order chi connectivity index (χ0) is 18.0. The van der Waals surface area contributed by atoms with Crippen molar-refractivity contribution in [3.05, 3.63) is 52.7 Å². The number of hydrogen-bond donors (Lipinski definition) is 1. The van der Waals surface area contributed by atoms with Crippen molar-refractivity contribution < 1.29 is 19.1 Å². The molecule has 0 bridgehead atoms. The predicted molar refractivity (Wildman–Crippen MR) is 91.7 cm³/mol. The highest BCUT2D eigenvalue weighted by atomic mass is 16.5. The van der Waals surface area contributed by atoms with Crippen LogP contribution in [0.25, 0.3) is 0 Å². The number of ether oxygens (including phenoxy) is 2. The fourth-order valence-corrected chi connectivity index (χ4v) is 2.67. The molecule has 1 aromatic heterocycles. The first-order valence-corrected chi connectivity index (χ1v) is 8.12. The number of aryl methyl sites for hydroxylation is 1. The van der Waals surface area contributed by atoms with Crippen LogP contribution in [0.1, 0.15) is 35.2 Å². The third kappa shape index (κ3) is 3.63. The van der Waals surface area contributed by atoms with Crippen molar-refractivity contribution in [2.24, 2.45) is 0 Å². The maximum atomic E-state index is 12.1. The van der Waals surface area contributed by atoms with E-state index in [1.165, 1.54) is 7.05 Å². The van der Waals surface area contributed by atoms with Gasteiger partial charge < -0.3 is 14.8 Å². The van der Waals surface area contributed by atoms with Crippen molar-refractivity contribution >= 4 is 11.9 Å². The monoisotopic (exact) mass is 340 g/mol. The van der Waals surface area contributed by atoms with E-state index in [1.807, 2.05) is 37.3 Å². The number of nitrogens with one attached hydrogen (secondary N) is 1. The second kappa shape index (κ2) is 6.93. The van der Waals surface area contributed by atoms with Crippen LogP contribution in [0.3, 0.4) is 0 Å². The van der Waals surface area contributed by atoms with Gasteiger partial charge in [0.25, 0.3) is 5.91 Å². The quantitative estimate of drug-likeness (QED) is 0.738. The lowest BCUT2D eigenvalue weighted by Gasteiger charge is -2.21. The Morgan fingerprint density at radius 3 is 2.84 bits per heavy atom. The first kappa shape index (κ1) is 17.0.